The second-order valence-electron chi connectivity index (χ2n) is 6.61. The lowest BCUT2D eigenvalue weighted by Crippen LogP contribution is -2.55. The lowest BCUT2D eigenvalue weighted by molar-refractivity contribution is -0.178. The Labute approximate surface area is 194 Å². The van der Waals surface area contributed by atoms with Crippen molar-refractivity contribution < 1.29 is 20.1 Å². The fraction of sp³-hybridized carbons (Fsp3) is 0.333. The van der Waals surface area contributed by atoms with Crippen molar-refractivity contribution in [1.29, 1.82) is 5.26 Å². The van der Waals surface area contributed by atoms with Gasteiger partial charge in [-0.15, -0.1) is 11.3 Å². The molecule has 1 saturated heterocycles. The predicted octanol–water partition coefficient (Wildman–Crippen LogP) is 2.35. The summed E-state index contributed by atoms with van der Waals surface area (Å²) >= 11 is 14.3. The quantitative estimate of drug-likeness (QED) is 0.482. The summed E-state index contributed by atoms with van der Waals surface area (Å²) in [6.45, 7) is -0.476. The topological polar surface area (TPSA) is 137 Å². The molecule has 5 atom stereocenters. The SMILES string of the molecule is N#Cc1ncc(Cl)cc1S[C@H]1O[C@H](CO)[C@H](O)[C@H](n2cc(-c3nc(Cl)cs3)cn2)[C@H]1O. The highest BCUT2D eigenvalue weighted by Gasteiger charge is 2.46. The molecule has 4 heterocycles. The maximum Gasteiger partial charge on any atom is 0.154 e. The summed E-state index contributed by atoms with van der Waals surface area (Å²) in [5.74, 6) is 0. The molecule has 1 fully saturated rings. The monoisotopic (exact) mass is 499 g/mol. The van der Waals surface area contributed by atoms with E-state index in [9.17, 15) is 20.6 Å². The largest absolute Gasteiger partial charge is 0.394 e. The lowest BCUT2D eigenvalue weighted by Gasteiger charge is -2.42. The molecule has 31 heavy (non-hydrogen) atoms. The van der Waals surface area contributed by atoms with E-state index in [4.69, 9.17) is 27.9 Å². The van der Waals surface area contributed by atoms with Gasteiger partial charge in [0.25, 0.3) is 0 Å². The van der Waals surface area contributed by atoms with Gasteiger partial charge in [-0.1, -0.05) is 35.0 Å². The number of thiazole rings is 1. The molecule has 0 aliphatic carbocycles. The Morgan fingerprint density at radius 1 is 1.29 bits per heavy atom. The van der Waals surface area contributed by atoms with Gasteiger partial charge in [-0.2, -0.15) is 10.4 Å². The Kier molecular flexibility index (Phi) is 6.80. The van der Waals surface area contributed by atoms with Gasteiger partial charge in [-0.3, -0.25) is 4.68 Å². The van der Waals surface area contributed by atoms with Gasteiger partial charge in [-0.25, -0.2) is 9.97 Å². The molecule has 13 heteroatoms. The zero-order chi connectivity index (χ0) is 22.1. The highest BCUT2D eigenvalue weighted by Crippen LogP contribution is 2.39. The minimum Gasteiger partial charge on any atom is -0.394 e. The number of pyridine rings is 1. The zero-order valence-corrected chi connectivity index (χ0v) is 18.7. The second kappa shape index (κ2) is 9.40. The Bertz CT molecular complexity index is 1120. The van der Waals surface area contributed by atoms with E-state index in [1.807, 2.05) is 6.07 Å². The number of hydrogen-bond donors (Lipinski definition) is 3. The van der Waals surface area contributed by atoms with Gasteiger partial charge in [0.2, 0.25) is 0 Å². The van der Waals surface area contributed by atoms with Gasteiger partial charge in [0.15, 0.2) is 5.69 Å². The maximum absolute atomic E-state index is 11.0. The van der Waals surface area contributed by atoms with E-state index in [2.05, 4.69) is 15.1 Å². The van der Waals surface area contributed by atoms with Gasteiger partial charge in [0.1, 0.15) is 46.0 Å². The van der Waals surface area contributed by atoms with Crippen molar-refractivity contribution in [3.63, 3.8) is 0 Å². The fourth-order valence-electron chi connectivity index (χ4n) is 3.20. The summed E-state index contributed by atoms with van der Waals surface area (Å²) in [5.41, 5.74) is -0.145. The third-order valence-corrected chi connectivity index (χ3v) is 7.26. The number of halogens is 2. The molecule has 3 N–H and O–H groups in total. The summed E-state index contributed by atoms with van der Waals surface area (Å²) in [6, 6.07) is 2.58. The molecule has 0 radical (unpaired) electrons. The molecule has 0 saturated carbocycles. The molecule has 3 aromatic rings. The number of nitriles is 1. The first-order valence-electron chi connectivity index (χ1n) is 8.91. The van der Waals surface area contributed by atoms with Crippen LogP contribution in [-0.4, -0.2) is 65.4 Å². The first-order valence-corrected chi connectivity index (χ1v) is 11.4. The van der Waals surface area contributed by atoms with Crippen LogP contribution in [0.15, 0.2) is 34.9 Å². The van der Waals surface area contributed by atoms with Crippen LogP contribution in [0.2, 0.25) is 10.2 Å². The van der Waals surface area contributed by atoms with E-state index < -0.39 is 36.4 Å². The van der Waals surface area contributed by atoms with Gasteiger partial charge in [0, 0.05) is 28.2 Å². The number of nitrogens with zero attached hydrogens (tertiary/aromatic N) is 5. The van der Waals surface area contributed by atoms with Crippen LogP contribution < -0.4 is 0 Å². The first kappa shape index (κ1) is 22.4. The van der Waals surface area contributed by atoms with Crippen molar-refractivity contribution in [3.8, 4) is 16.6 Å². The van der Waals surface area contributed by atoms with Crippen LogP contribution in [0.25, 0.3) is 10.6 Å². The third-order valence-electron chi connectivity index (χ3n) is 4.65. The predicted molar refractivity (Wildman–Crippen MR) is 115 cm³/mol. The van der Waals surface area contributed by atoms with E-state index in [1.165, 1.54) is 22.2 Å². The number of hydrogen-bond acceptors (Lipinski definition) is 10. The minimum absolute atomic E-state index is 0.121. The molecular weight excluding hydrogens is 485 g/mol. The Morgan fingerprint density at radius 2 is 2.10 bits per heavy atom. The number of ether oxygens (including phenoxy) is 1. The zero-order valence-electron chi connectivity index (χ0n) is 15.5. The number of thioether (sulfide) groups is 1. The van der Waals surface area contributed by atoms with Crippen molar-refractivity contribution in [2.24, 2.45) is 0 Å². The van der Waals surface area contributed by atoms with Crippen molar-refractivity contribution in [2.45, 2.75) is 34.7 Å². The van der Waals surface area contributed by atoms with Crippen molar-refractivity contribution in [2.75, 3.05) is 6.61 Å². The molecule has 1 aliphatic rings. The van der Waals surface area contributed by atoms with Crippen molar-refractivity contribution in [3.05, 3.63) is 45.9 Å². The fourth-order valence-corrected chi connectivity index (χ4v) is 5.49. The lowest BCUT2D eigenvalue weighted by atomic mass is 9.97. The standard InChI is InChI=1S/C18H15Cl2N5O4S2/c19-9-1-12(10(2-21)22-4-9)31-18-16(28)14(15(27)11(6-26)29-18)25-5-8(3-23-25)17-24-13(20)7-30-17/h1,3-5,7,11,14-16,18,26-28H,6H2/t11-,14+,15+,16-,18-/m1/s1. The minimum atomic E-state index is -1.24. The van der Waals surface area contributed by atoms with E-state index in [0.29, 0.717) is 25.6 Å². The Hall–Kier alpha value is -1.75. The maximum atomic E-state index is 11.0. The molecule has 162 valence electrons. The summed E-state index contributed by atoms with van der Waals surface area (Å²) in [4.78, 5) is 8.57. The Morgan fingerprint density at radius 3 is 2.77 bits per heavy atom. The van der Waals surface area contributed by atoms with Crippen LogP contribution in [0.4, 0.5) is 0 Å². The third kappa shape index (κ3) is 4.57. The molecule has 0 spiro atoms. The highest BCUT2D eigenvalue weighted by atomic mass is 35.5. The van der Waals surface area contributed by atoms with Gasteiger partial charge in [-0.05, 0) is 6.07 Å². The van der Waals surface area contributed by atoms with E-state index >= 15 is 0 Å². The van der Waals surface area contributed by atoms with Crippen LogP contribution in [-0.2, 0) is 4.74 Å². The van der Waals surface area contributed by atoms with Crippen LogP contribution in [0.1, 0.15) is 11.7 Å². The molecule has 0 aromatic carbocycles. The van der Waals surface area contributed by atoms with Crippen molar-refractivity contribution >= 4 is 46.3 Å². The van der Waals surface area contributed by atoms with E-state index in [1.54, 1.807) is 23.8 Å². The summed E-state index contributed by atoms with van der Waals surface area (Å²) in [5, 5.41) is 48.1. The second-order valence-corrected chi connectivity index (χ2v) is 9.43. The summed E-state index contributed by atoms with van der Waals surface area (Å²) in [7, 11) is 0. The molecule has 3 aromatic heterocycles. The first-order chi connectivity index (χ1) is 14.9. The van der Waals surface area contributed by atoms with Crippen LogP contribution in [0.5, 0.6) is 0 Å². The van der Waals surface area contributed by atoms with Gasteiger partial charge in [0.05, 0.1) is 17.8 Å². The molecular formula is C18H15Cl2N5O4S2. The average Bonchev–Trinajstić information content (AvgIpc) is 3.39. The number of rotatable bonds is 5. The molecule has 4 rings (SSSR count). The Balaban J connectivity index is 1.64. The van der Waals surface area contributed by atoms with Gasteiger partial charge >= 0.3 is 0 Å². The molecule has 9 nitrogen and oxygen atoms in total. The summed E-state index contributed by atoms with van der Waals surface area (Å²) < 4.78 is 7.13. The highest BCUT2D eigenvalue weighted by molar-refractivity contribution is 7.99. The van der Waals surface area contributed by atoms with Gasteiger partial charge < -0.3 is 20.1 Å². The van der Waals surface area contributed by atoms with Crippen LogP contribution in [0, 0.1) is 11.3 Å². The number of aliphatic hydroxyl groups excluding tert-OH is 3. The van der Waals surface area contributed by atoms with Crippen LogP contribution in [0.3, 0.4) is 0 Å². The number of aromatic nitrogens is 4. The molecule has 1 aliphatic heterocycles. The van der Waals surface area contributed by atoms with Crippen molar-refractivity contribution in [1.82, 2.24) is 19.7 Å². The molecule has 0 amide bonds. The van der Waals surface area contributed by atoms with E-state index in [-0.39, 0.29) is 5.69 Å². The van der Waals surface area contributed by atoms with Crippen LogP contribution >= 0.6 is 46.3 Å². The molecule has 0 unspecified atom stereocenters. The molecule has 0 bridgehead atoms. The average molecular weight is 500 g/mol. The van der Waals surface area contributed by atoms with E-state index in [0.717, 1.165) is 11.8 Å². The number of aliphatic hydroxyl groups is 3. The smallest absolute Gasteiger partial charge is 0.154 e. The normalized spacial score (nSPS) is 26.0. The summed E-state index contributed by atoms with van der Waals surface area (Å²) in [6.07, 6.45) is 1.08.